The van der Waals surface area contributed by atoms with Crippen LogP contribution in [0.3, 0.4) is 0 Å². The number of aromatic nitrogens is 1. The molecule has 0 spiro atoms. The highest BCUT2D eigenvalue weighted by atomic mass is 127. The molecule has 0 aliphatic rings. The molecule has 82 valence electrons. The molecule has 1 heterocycles. The predicted molar refractivity (Wildman–Crippen MR) is 56.5 cm³/mol. The van der Waals surface area contributed by atoms with Crippen LogP contribution in [0.25, 0.3) is 0 Å². The van der Waals surface area contributed by atoms with E-state index >= 15 is 0 Å². The Bertz CT molecular complexity index is 400. The summed E-state index contributed by atoms with van der Waals surface area (Å²) < 4.78 is 25.2. The van der Waals surface area contributed by atoms with Crippen molar-refractivity contribution in [2.75, 3.05) is 0 Å². The molecule has 0 bridgehead atoms. The Morgan fingerprint density at radius 2 is 2.27 bits per heavy atom. The average molecular weight is 329 g/mol. The topological polar surface area (TPSA) is 82.0 Å². The van der Waals surface area contributed by atoms with Gasteiger partial charge in [-0.25, -0.2) is 8.78 Å². The highest BCUT2D eigenvalue weighted by molar-refractivity contribution is 14.1. The fraction of sp³-hybridized carbons (Fsp3) is 0.286. The van der Waals surface area contributed by atoms with Gasteiger partial charge in [-0.3, -0.25) is 0 Å². The molecule has 0 saturated carbocycles. The van der Waals surface area contributed by atoms with Crippen molar-refractivity contribution in [3.05, 3.63) is 31.0 Å². The van der Waals surface area contributed by atoms with E-state index in [1.54, 1.807) is 22.6 Å². The molecule has 0 fully saturated rings. The van der Waals surface area contributed by atoms with Crippen molar-refractivity contribution in [3.8, 4) is 0 Å². The number of rotatable bonds is 3. The smallest absolute Gasteiger partial charge is 0.358 e. The third-order valence-corrected chi connectivity index (χ3v) is 2.59. The summed E-state index contributed by atoms with van der Waals surface area (Å²) in [6.45, 7) is -0.0252. The molecule has 0 atom stereocenters. The summed E-state index contributed by atoms with van der Waals surface area (Å²) in [5, 5.41) is 10.5. The van der Waals surface area contributed by atoms with E-state index in [1.807, 2.05) is 0 Å². The minimum atomic E-state index is -2.92. The lowest BCUT2D eigenvalue weighted by Gasteiger charge is -2.03. The molecule has 1 aromatic heterocycles. The van der Waals surface area contributed by atoms with Crippen molar-refractivity contribution in [2.24, 2.45) is 5.73 Å². The Hall–Kier alpha value is -0.900. The van der Waals surface area contributed by atoms with Gasteiger partial charge in [-0.2, -0.15) is 0 Å². The third-order valence-electron chi connectivity index (χ3n) is 1.66. The van der Waals surface area contributed by atoms with Gasteiger partial charge in [0.1, 0.15) is 5.56 Å². The Kier molecular flexibility index (Phi) is 3.85. The Morgan fingerprint density at radius 3 is 2.67 bits per heavy atom. The van der Waals surface area contributed by atoms with Crippen LogP contribution in [-0.4, -0.2) is 9.91 Å². The molecule has 0 unspecified atom stereocenters. The summed E-state index contributed by atoms with van der Waals surface area (Å²) >= 11 is 1.76. The zero-order valence-corrected chi connectivity index (χ0v) is 9.44. The first-order valence-electron chi connectivity index (χ1n) is 3.79. The van der Waals surface area contributed by atoms with Gasteiger partial charge in [0.15, 0.2) is 5.69 Å². The minimum absolute atomic E-state index is 0.0252. The van der Waals surface area contributed by atoms with E-state index in [-0.39, 0.29) is 12.2 Å². The van der Waals surface area contributed by atoms with Crippen LogP contribution in [0, 0.1) is 13.7 Å². The lowest BCUT2D eigenvalue weighted by Crippen LogP contribution is -2.08. The van der Waals surface area contributed by atoms with Crippen LogP contribution in [0.2, 0.25) is 0 Å². The van der Waals surface area contributed by atoms with Crippen LogP contribution >= 0.6 is 22.6 Å². The van der Waals surface area contributed by atoms with Gasteiger partial charge in [-0.05, 0) is 38.6 Å². The van der Waals surface area contributed by atoms with Crippen molar-refractivity contribution >= 4 is 28.4 Å². The number of nitrogens with zero attached hydrogens (tertiary/aromatic N) is 2. The van der Waals surface area contributed by atoms with E-state index in [0.717, 1.165) is 6.07 Å². The standard InChI is InChI=1S/C7H6F2IN3O2/c8-6(9)3-1-4(10)5(2-11)12-7(3)13(14)15/h1,6H,2,11H2. The van der Waals surface area contributed by atoms with Crippen LogP contribution in [0.15, 0.2) is 6.07 Å². The van der Waals surface area contributed by atoms with Gasteiger partial charge < -0.3 is 15.8 Å². The van der Waals surface area contributed by atoms with E-state index in [1.165, 1.54) is 0 Å². The normalized spacial score (nSPS) is 10.7. The zero-order chi connectivity index (χ0) is 11.6. The second-order valence-electron chi connectivity index (χ2n) is 2.59. The van der Waals surface area contributed by atoms with Gasteiger partial charge in [0, 0.05) is 0 Å². The number of hydrogen-bond donors (Lipinski definition) is 1. The minimum Gasteiger partial charge on any atom is -0.358 e. The molecular formula is C7H6F2IN3O2. The van der Waals surface area contributed by atoms with E-state index < -0.39 is 22.7 Å². The maximum atomic E-state index is 12.4. The van der Waals surface area contributed by atoms with E-state index in [4.69, 9.17) is 5.73 Å². The van der Waals surface area contributed by atoms with Gasteiger partial charge in [-0.1, -0.05) is 0 Å². The molecule has 15 heavy (non-hydrogen) atoms. The van der Waals surface area contributed by atoms with Gasteiger partial charge in [0.2, 0.25) is 0 Å². The number of pyridine rings is 1. The number of nitro groups is 1. The van der Waals surface area contributed by atoms with Gasteiger partial charge >= 0.3 is 5.82 Å². The summed E-state index contributed by atoms with van der Waals surface area (Å²) in [6.07, 6.45) is -2.92. The van der Waals surface area contributed by atoms with Gasteiger partial charge in [0.05, 0.1) is 10.1 Å². The number of nitrogens with two attached hydrogens (primary N) is 1. The first-order valence-corrected chi connectivity index (χ1v) is 4.87. The Labute approximate surface area is 97.0 Å². The monoisotopic (exact) mass is 329 g/mol. The van der Waals surface area contributed by atoms with Crippen LogP contribution in [0.5, 0.6) is 0 Å². The third kappa shape index (κ3) is 2.56. The average Bonchev–Trinajstić information content (AvgIpc) is 2.16. The molecule has 0 amide bonds. The summed E-state index contributed by atoms with van der Waals surface area (Å²) in [5.74, 6) is -0.828. The fourth-order valence-electron chi connectivity index (χ4n) is 0.980. The lowest BCUT2D eigenvalue weighted by atomic mass is 10.2. The van der Waals surface area contributed by atoms with Crippen molar-refractivity contribution < 1.29 is 13.7 Å². The maximum absolute atomic E-state index is 12.4. The fourth-order valence-corrected chi connectivity index (χ4v) is 1.66. The molecule has 8 heteroatoms. The second kappa shape index (κ2) is 4.75. The molecular weight excluding hydrogens is 323 g/mol. The van der Waals surface area contributed by atoms with Crippen LogP contribution in [0.1, 0.15) is 17.7 Å². The Balaban J connectivity index is 3.39. The van der Waals surface area contributed by atoms with Gasteiger partial charge in [0.25, 0.3) is 6.43 Å². The quantitative estimate of drug-likeness (QED) is 0.522. The molecule has 0 saturated heterocycles. The van der Waals surface area contributed by atoms with E-state index in [2.05, 4.69) is 4.98 Å². The van der Waals surface area contributed by atoms with Crippen molar-refractivity contribution in [1.29, 1.82) is 0 Å². The first kappa shape index (κ1) is 12.2. The van der Waals surface area contributed by atoms with Gasteiger partial charge in [-0.15, -0.1) is 0 Å². The molecule has 5 nitrogen and oxygen atoms in total. The molecule has 0 aliphatic carbocycles. The SMILES string of the molecule is NCc1nc([N+](=O)[O-])c(C(F)F)cc1I. The zero-order valence-electron chi connectivity index (χ0n) is 7.28. The highest BCUT2D eigenvalue weighted by Gasteiger charge is 2.25. The summed E-state index contributed by atoms with van der Waals surface area (Å²) in [4.78, 5) is 13.0. The van der Waals surface area contributed by atoms with E-state index in [0.29, 0.717) is 3.57 Å². The van der Waals surface area contributed by atoms with Crippen molar-refractivity contribution in [1.82, 2.24) is 4.98 Å². The van der Waals surface area contributed by atoms with Crippen molar-refractivity contribution in [2.45, 2.75) is 13.0 Å². The van der Waals surface area contributed by atoms with Crippen LogP contribution in [-0.2, 0) is 6.54 Å². The number of alkyl halides is 2. The summed E-state index contributed by atoms with van der Waals surface area (Å²) in [6, 6.07) is 1.04. The predicted octanol–water partition coefficient (Wildman–Crippen LogP) is 1.99. The first-order chi connectivity index (χ1) is 6.97. The molecule has 0 aromatic carbocycles. The maximum Gasteiger partial charge on any atom is 0.372 e. The van der Waals surface area contributed by atoms with Crippen LogP contribution < -0.4 is 5.73 Å². The summed E-state index contributed by atoms with van der Waals surface area (Å²) in [7, 11) is 0. The van der Waals surface area contributed by atoms with E-state index in [9.17, 15) is 18.9 Å². The number of hydrogen-bond acceptors (Lipinski definition) is 4. The molecule has 1 rings (SSSR count). The highest BCUT2D eigenvalue weighted by Crippen LogP contribution is 2.29. The van der Waals surface area contributed by atoms with Crippen molar-refractivity contribution in [3.63, 3.8) is 0 Å². The van der Waals surface area contributed by atoms with Crippen LogP contribution in [0.4, 0.5) is 14.6 Å². The summed E-state index contributed by atoms with van der Waals surface area (Å²) in [5.41, 5.74) is 4.83. The molecule has 2 N–H and O–H groups in total. The Morgan fingerprint density at radius 1 is 1.67 bits per heavy atom. The molecule has 1 aromatic rings. The molecule has 0 radical (unpaired) electrons. The molecule has 0 aliphatic heterocycles. The lowest BCUT2D eigenvalue weighted by molar-refractivity contribution is -0.391. The second-order valence-corrected chi connectivity index (χ2v) is 3.75. The number of halogens is 3. The largest absolute Gasteiger partial charge is 0.372 e.